The van der Waals surface area contributed by atoms with Gasteiger partial charge in [-0.05, 0) is 57.9 Å². The van der Waals surface area contributed by atoms with E-state index in [1.165, 1.54) is 21.9 Å². The Balaban J connectivity index is 0. The number of rotatable bonds is 5. The Morgan fingerprint density at radius 2 is 1.23 bits per heavy atom. The van der Waals surface area contributed by atoms with Crippen LogP contribution in [-0.2, 0) is 32.7 Å². The van der Waals surface area contributed by atoms with E-state index in [1.807, 2.05) is 61.1 Å². The van der Waals surface area contributed by atoms with Gasteiger partial charge in [0.05, 0.1) is 22.9 Å². The summed E-state index contributed by atoms with van der Waals surface area (Å²) in [7, 11) is 0. The van der Waals surface area contributed by atoms with Gasteiger partial charge in [0.25, 0.3) is 0 Å². The Hall–Kier alpha value is -2.43. The topological polar surface area (TPSA) is 57.4 Å². The van der Waals surface area contributed by atoms with Crippen molar-refractivity contribution in [3.63, 3.8) is 0 Å². The first-order chi connectivity index (χ1) is 18.0. The van der Waals surface area contributed by atoms with Crippen LogP contribution in [0.25, 0.3) is 44.2 Å². The van der Waals surface area contributed by atoms with Gasteiger partial charge in [0.1, 0.15) is 5.82 Å². The molecular weight excluding hydrogens is 565 g/mol. The van der Waals surface area contributed by atoms with E-state index in [2.05, 4.69) is 95.3 Å². The van der Waals surface area contributed by atoms with Crippen molar-refractivity contribution in [1.82, 2.24) is 19.9 Å². The SMILES string of the molecule is CC.CC.CC.C[CH-]c1nc2ccc(-c3ccc4cc(-c5cnc(C(C)C(C)C)[nH]5)ccc4c3)cc2[nH]1.[CH3-].[CH3-].[Y+3]. The fraction of sp³-hybridized carbons (Fsp3) is 0.343. The number of imidazole rings is 2. The normalized spacial score (nSPS) is 10.3. The largest absolute Gasteiger partial charge is 3.00 e. The summed E-state index contributed by atoms with van der Waals surface area (Å²) in [5, 5.41) is 2.45. The third-order valence-corrected chi connectivity index (χ3v) is 6.28. The molecular formula is C35H51N4Y. The number of benzene rings is 3. The standard InChI is InChI=1S/C27H27N4.3C2H6.2CH3.Y/c1-5-26-29-23-11-10-21(14-24(23)30-26)19-6-7-20-13-22(9-8-18(20)12-19)25-15-28-27(31-25)17(4)16(2)3;3*1-2;;;/h5-17H,1-4H3,(H,28,31)(H,29,30);3*1-2H3;2*1H3;/q-1;;;;2*-1;+3. The number of aromatic nitrogens is 4. The smallest absolute Gasteiger partial charge is 0.368 e. The number of hydrogen-bond acceptors (Lipinski definition) is 2. The van der Waals surface area contributed by atoms with E-state index in [4.69, 9.17) is 0 Å². The molecule has 0 aliphatic carbocycles. The average Bonchev–Trinajstić information content (AvgIpc) is 3.62. The van der Waals surface area contributed by atoms with Crippen molar-refractivity contribution in [2.24, 2.45) is 5.92 Å². The van der Waals surface area contributed by atoms with E-state index in [9.17, 15) is 0 Å². The molecule has 3 aromatic carbocycles. The number of nitrogens with one attached hydrogen (secondary N) is 2. The maximum Gasteiger partial charge on any atom is 3.00 e. The van der Waals surface area contributed by atoms with Crippen molar-refractivity contribution in [3.8, 4) is 22.4 Å². The molecule has 0 aliphatic heterocycles. The zero-order valence-electron chi connectivity index (χ0n) is 27.0. The monoisotopic (exact) mass is 616 g/mol. The van der Waals surface area contributed by atoms with Crippen molar-refractivity contribution in [1.29, 1.82) is 0 Å². The minimum atomic E-state index is 0. The summed E-state index contributed by atoms with van der Waals surface area (Å²) < 4.78 is 0. The summed E-state index contributed by atoms with van der Waals surface area (Å²) in [5.74, 6) is 2.93. The van der Waals surface area contributed by atoms with Crippen LogP contribution in [0.1, 0.15) is 86.8 Å². The zero-order chi connectivity index (χ0) is 27.5. The van der Waals surface area contributed by atoms with E-state index >= 15 is 0 Å². The van der Waals surface area contributed by atoms with Gasteiger partial charge >= 0.3 is 32.7 Å². The molecule has 0 aliphatic rings. The summed E-state index contributed by atoms with van der Waals surface area (Å²) in [6, 6.07) is 19.6. The van der Waals surface area contributed by atoms with Gasteiger partial charge in [-0.2, -0.15) is 6.92 Å². The first kappa shape index (κ1) is 39.7. The van der Waals surface area contributed by atoms with Crippen molar-refractivity contribution >= 4 is 21.8 Å². The van der Waals surface area contributed by atoms with Crippen LogP contribution in [0.15, 0.2) is 60.8 Å². The van der Waals surface area contributed by atoms with Crippen molar-refractivity contribution in [3.05, 3.63) is 93.7 Å². The number of fused-ring (bicyclic) bond motifs is 2. The van der Waals surface area contributed by atoms with E-state index in [-0.39, 0.29) is 47.6 Å². The molecule has 2 aromatic heterocycles. The molecule has 214 valence electrons. The van der Waals surface area contributed by atoms with Gasteiger partial charge in [-0.15, -0.1) is 0 Å². The Labute approximate surface area is 270 Å². The predicted octanol–water partition coefficient (Wildman–Crippen LogP) is 11.1. The molecule has 5 heteroatoms. The Kier molecular flexibility index (Phi) is 19.5. The van der Waals surface area contributed by atoms with E-state index < -0.39 is 0 Å². The summed E-state index contributed by atoms with van der Waals surface area (Å²) in [6.07, 6.45) is 3.94. The summed E-state index contributed by atoms with van der Waals surface area (Å²) in [4.78, 5) is 16.0. The van der Waals surface area contributed by atoms with E-state index in [1.54, 1.807) is 0 Å². The molecule has 0 saturated carbocycles. The van der Waals surface area contributed by atoms with Gasteiger partial charge in [0.15, 0.2) is 0 Å². The fourth-order valence-corrected chi connectivity index (χ4v) is 3.97. The molecule has 2 heterocycles. The summed E-state index contributed by atoms with van der Waals surface area (Å²) in [5.41, 5.74) is 6.68. The molecule has 0 radical (unpaired) electrons. The van der Waals surface area contributed by atoms with Gasteiger partial charge in [-0.25, -0.2) is 4.98 Å². The maximum absolute atomic E-state index is 4.61. The molecule has 0 saturated heterocycles. The zero-order valence-corrected chi connectivity index (χ0v) is 29.8. The van der Waals surface area contributed by atoms with Gasteiger partial charge in [-0.1, -0.05) is 92.6 Å². The molecule has 0 fully saturated rings. The maximum atomic E-state index is 4.61. The molecule has 1 atom stereocenters. The molecule has 40 heavy (non-hydrogen) atoms. The second-order valence-electron chi connectivity index (χ2n) is 8.63. The van der Waals surface area contributed by atoms with Gasteiger partial charge in [-0.3, -0.25) is 4.98 Å². The summed E-state index contributed by atoms with van der Waals surface area (Å²) in [6.45, 7) is 20.7. The van der Waals surface area contributed by atoms with Gasteiger partial charge in [0.2, 0.25) is 0 Å². The Morgan fingerprint density at radius 3 is 1.80 bits per heavy atom. The van der Waals surface area contributed by atoms with E-state index in [0.717, 1.165) is 33.9 Å². The van der Waals surface area contributed by atoms with Crippen LogP contribution in [0, 0.1) is 27.2 Å². The third-order valence-electron chi connectivity index (χ3n) is 6.28. The van der Waals surface area contributed by atoms with Gasteiger partial charge in [0, 0.05) is 11.5 Å². The van der Waals surface area contributed by atoms with Crippen LogP contribution in [0.2, 0.25) is 0 Å². The minimum Gasteiger partial charge on any atom is -0.368 e. The van der Waals surface area contributed by atoms with Crippen LogP contribution in [0.4, 0.5) is 0 Å². The molecule has 4 nitrogen and oxygen atoms in total. The van der Waals surface area contributed by atoms with Gasteiger partial charge < -0.3 is 31.2 Å². The molecule has 2 N–H and O–H groups in total. The van der Waals surface area contributed by atoms with Crippen molar-refractivity contribution in [2.45, 2.75) is 75.2 Å². The number of H-pyrrole nitrogens is 2. The molecule has 0 amide bonds. The van der Waals surface area contributed by atoms with Crippen LogP contribution in [0.3, 0.4) is 0 Å². The second kappa shape index (κ2) is 19.6. The number of nitrogens with zero attached hydrogens (tertiary/aromatic N) is 2. The number of aromatic amines is 2. The molecule has 5 aromatic rings. The molecule has 5 rings (SSSR count). The Morgan fingerprint density at radius 1 is 0.700 bits per heavy atom. The quantitative estimate of drug-likeness (QED) is 0.193. The molecule has 0 bridgehead atoms. The van der Waals surface area contributed by atoms with Crippen molar-refractivity contribution in [2.75, 3.05) is 0 Å². The first-order valence-electron chi connectivity index (χ1n) is 13.9. The summed E-state index contributed by atoms with van der Waals surface area (Å²) >= 11 is 0. The van der Waals surface area contributed by atoms with Crippen molar-refractivity contribution < 1.29 is 32.7 Å². The molecule has 0 spiro atoms. The predicted molar refractivity (Wildman–Crippen MR) is 176 cm³/mol. The Bertz CT molecular complexity index is 1380. The third kappa shape index (κ3) is 9.31. The van der Waals surface area contributed by atoms with E-state index in [0.29, 0.717) is 11.8 Å². The van der Waals surface area contributed by atoms with Crippen LogP contribution in [-0.4, -0.2) is 19.9 Å². The minimum absolute atomic E-state index is 0. The first-order valence-corrected chi connectivity index (χ1v) is 13.9. The average molecular weight is 617 g/mol. The van der Waals surface area contributed by atoms with Crippen LogP contribution >= 0.6 is 0 Å². The fourth-order valence-electron chi connectivity index (χ4n) is 3.97. The second-order valence-corrected chi connectivity index (χ2v) is 8.63. The number of hydrogen-bond donors (Lipinski definition) is 2. The van der Waals surface area contributed by atoms with Crippen LogP contribution in [0.5, 0.6) is 0 Å². The van der Waals surface area contributed by atoms with Crippen LogP contribution < -0.4 is 0 Å². The molecule has 1 unspecified atom stereocenters.